The summed E-state index contributed by atoms with van der Waals surface area (Å²) in [6.45, 7) is -0.460. The molecule has 8 nitrogen and oxygen atoms in total. The van der Waals surface area contributed by atoms with Gasteiger partial charge in [-0.2, -0.15) is 0 Å². The summed E-state index contributed by atoms with van der Waals surface area (Å²) in [5.41, 5.74) is -0.847. The van der Waals surface area contributed by atoms with E-state index in [2.05, 4.69) is 25.4 Å². The summed E-state index contributed by atoms with van der Waals surface area (Å²) >= 11 is 0.962. The number of aliphatic hydroxyl groups excluding tert-OH is 2. The predicted molar refractivity (Wildman–Crippen MR) is 81.4 cm³/mol. The maximum absolute atomic E-state index is 13.3. The van der Waals surface area contributed by atoms with Gasteiger partial charge in [-0.1, -0.05) is 16.9 Å². The van der Waals surface area contributed by atoms with Crippen LogP contribution < -0.4 is 5.32 Å². The monoisotopic (exact) mass is 378 g/mol. The Labute approximate surface area is 143 Å². The van der Waals surface area contributed by atoms with E-state index in [0.29, 0.717) is 0 Å². The molecular weight excluding hydrogens is 365 g/mol. The summed E-state index contributed by atoms with van der Waals surface area (Å²) in [7, 11) is 0. The maximum atomic E-state index is 13.3. The Kier molecular flexibility index (Phi) is 6.61. The minimum Gasteiger partial charge on any atom is -0.409 e. The number of thioether (sulfide) groups is 1. The van der Waals surface area contributed by atoms with E-state index in [0.717, 1.165) is 23.9 Å². The first-order valence-electron chi connectivity index (χ1n) is 6.77. The molecule has 1 aromatic heterocycles. The highest BCUT2D eigenvalue weighted by molar-refractivity contribution is 7.99. The van der Waals surface area contributed by atoms with Gasteiger partial charge >= 0.3 is 0 Å². The van der Waals surface area contributed by atoms with E-state index in [9.17, 15) is 18.3 Å². The van der Waals surface area contributed by atoms with E-state index < -0.39 is 30.5 Å². The minimum atomic E-state index is -3.02. The molecule has 136 valence electrons. The number of oxime groups is 1. The Morgan fingerprint density at radius 1 is 1.36 bits per heavy atom. The van der Waals surface area contributed by atoms with Gasteiger partial charge in [0.2, 0.25) is 5.84 Å². The van der Waals surface area contributed by atoms with Crippen molar-refractivity contribution >= 4 is 23.3 Å². The number of amidine groups is 1. The van der Waals surface area contributed by atoms with E-state index in [1.54, 1.807) is 0 Å². The van der Waals surface area contributed by atoms with Crippen molar-refractivity contribution in [1.82, 2.24) is 10.3 Å². The molecule has 1 heterocycles. The van der Waals surface area contributed by atoms with Crippen molar-refractivity contribution in [3.63, 3.8) is 0 Å². The van der Waals surface area contributed by atoms with Gasteiger partial charge in [-0.3, -0.25) is 0 Å². The zero-order chi connectivity index (χ0) is 18.4. The molecule has 4 N–H and O–H groups in total. The van der Waals surface area contributed by atoms with E-state index in [-0.39, 0.29) is 28.0 Å². The van der Waals surface area contributed by atoms with Crippen molar-refractivity contribution in [2.45, 2.75) is 17.6 Å². The number of halogens is 3. The van der Waals surface area contributed by atoms with Crippen LogP contribution in [-0.2, 0) is 0 Å². The molecule has 0 saturated heterocycles. The Morgan fingerprint density at radius 2 is 2.12 bits per heavy atom. The molecule has 1 aromatic carbocycles. The average Bonchev–Trinajstić information content (AvgIpc) is 3.06. The van der Waals surface area contributed by atoms with Crippen molar-refractivity contribution in [2.24, 2.45) is 5.16 Å². The van der Waals surface area contributed by atoms with Crippen LogP contribution >= 0.6 is 11.8 Å². The minimum absolute atomic E-state index is 0.0267. The lowest BCUT2D eigenvalue weighted by Gasteiger charge is -2.09. The Bertz CT molecular complexity index is 744. The van der Waals surface area contributed by atoms with Crippen molar-refractivity contribution in [1.29, 1.82) is 0 Å². The van der Waals surface area contributed by atoms with Crippen molar-refractivity contribution in [3.8, 4) is 0 Å². The van der Waals surface area contributed by atoms with Gasteiger partial charge in [-0.05, 0) is 28.5 Å². The van der Waals surface area contributed by atoms with Gasteiger partial charge in [-0.15, -0.1) is 0 Å². The van der Waals surface area contributed by atoms with E-state index in [1.807, 2.05) is 0 Å². The molecule has 0 saturated carbocycles. The third-order valence-corrected chi connectivity index (χ3v) is 3.99. The van der Waals surface area contributed by atoms with Crippen LogP contribution in [0.15, 0.2) is 33.0 Å². The molecule has 25 heavy (non-hydrogen) atoms. The second kappa shape index (κ2) is 8.69. The quantitative estimate of drug-likeness (QED) is 0.189. The zero-order valence-corrected chi connectivity index (χ0v) is 13.3. The van der Waals surface area contributed by atoms with E-state index in [1.165, 1.54) is 6.07 Å². The summed E-state index contributed by atoms with van der Waals surface area (Å²) in [4.78, 5) is 0. The Morgan fingerprint density at radius 3 is 2.76 bits per heavy atom. The number of aliphatic hydroxyl groups is 2. The standard InChI is InChI=1S/C13H13F3N4O4S/c14-9-2-1-6(3-8(9)11(15)16)17-12(18-23)10-13(20-24-19-10)25-5-7(22)4-21/h1-3,7,11,21-23H,4-5H2,(H,17,18)/t7-/m0/s1. The fourth-order valence-corrected chi connectivity index (χ4v) is 2.52. The van der Waals surface area contributed by atoms with Gasteiger partial charge in [0.25, 0.3) is 6.43 Å². The molecule has 0 radical (unpaired) electrons. The number of hydrogen-bond acceptors (Lipinski definition) is 8. The molecule has 0 unspecified atom stereocenters. The molecule has 12 heteroatoms. The maximum Gasteiger partial charge on any atom is 0.266 e. The molecule has 2 rings (SSSR count). The van der Waals surface area contributed by atoms with Gasteiger partial charge in [-0.25, -0.2) is 17.8 Å². The van der Waals surface area contributed by atoms with Crippen molar-refractivity contribution in [3.05, 3.63) is 35.3 Å². The van der Waals surface area contributed by atoms with Crippen LogP contribution in [0.2, 0.25) is 0 Å². The highest BCUT2D eigenvalue weighted by Gasteiger charge is 2.20. The third-order valence-electron chi connectivity index (χ3n) is 2.90. The summed E-state index contributed by atoms with van der Waals surface area (Å²) in [5, 5.41) is 40.0. The molecule has 0 spiro atoms. The van der Waals surface area contributed by atoms with Gasteiger partial charge in [0.15, 0.2) is 10.7 Å². The molecule has 0 aliphatic carbocycles. The fraction of sp³-hybridized carbons (Fsp3) is 0.308. The fourth-order valence-electron chi connectivity index (χ4n) is 1.70. The predicted octanol–water partition coefficient (Wildman–Crippen LogP) is 1.84. The van der Waals surface area contributed by atoms with E-state index >= 15 is 0 Å². The summed E-state index contributed by atoms with van der Waals surface area (Å²) in [6.07, 6.45) is -4.03. The van der Waals surface area contributed by atoms with E-state index in [4.69, 9.17) is 10.3 Å². The zero-order valence-electron chi connectivity index (χ0n) is 12.4. The third kappa shape index (κ3) is 4.84. The number of alkyl halides is 2. The number of anilines is 1. The second-order valence-corrected chi connectivity index (χ2v) is 5.68. The summed E-state index contributed by atoms with van der Waals surface area (Å²) < 4.78 is 43.3. The molecule has 0 fully saturated rings. The average molecular weight is 378 g/mol. The number of nitrogens with one attached hydrogen (secondary N) is 1. The molecule has 2 aromatic rings. The van der Waals surface area contributed by atoms with Crippen LogP contribution in [0.25, 0.3) is 0 Å². The molecular formula is C13H13F3N4O4S. The smallest absolute Gasteiger partial charge is 0.266 e. The first kappa shape index (κ1) is 19.0. The highest BCUT2D eigenvalue weighted by atomic mass is 32.2. The lowest BCUT2D eigenvalue weighted by molar-refractivity contribution is 0.113. The van der Waals surface area contributed by atoms with Gasteiger partial charge in [0.05, 0.1) is 18.3 Å². The molecule has 1 atom stereocenters. The van der Waals surface area contributed by atoms with Crippen molar-refractivity contribution < 1.29 is 33.2 Å². The van der Waals surface area contributed by atoms with Gasteiger partial charge < -0.3 is 20.7 Å². The van der Waals surface area contributed by atoms with Crippen LogP contribution in [0.5, 0.6) is 0 Å². The van der Waals surface area contributed by atoms with Crippen LogP contribution in [-0.4, -0.2) is 50.0 Å². The molecule has 0 aliphatic rings. The number of aromatic nitrogens is 2. The lowest BCUT2D eigenvalue weighted by Crippen LogP contribution is -2.17. The van der Waals surface area contributed by atoms with Crippen LogP contribution in [0.4, 0.5) is 18.9 Å². The molecule has 0 bridgehead atoms. The van der Waals surface area contributed by atoms with Gasteiger partial charge in [0.1, 0.15) is 5.82 Å². The lowest BCUT2D eigenvalue weighted by atomic mass is 10.2. The second-order valence-electron chi connectivity index (χ2n) is 4.68. The Balaban J connectivity index is 2.19. The van der Waals surface area contributed by atoms with Crippen LogP contribution in [0.3, 0.4) is 0 Å². The van der Waals surface area contributed by atoms with Gasteiger partial charge in [0, 0.05) is 11.4 Å². The molecule has 0 aliphatic heterocycles. The largest absolute Gasteiger partial charge is 0.409 e. The molecule has 0 amide bonds. The van der Waals surface area contributed by atoms with Crippen LogP contribution in [0.1, 0.15) is 17.7 Å². The number of hydrogen-bond donors (Lipinski definition) is 4. The number of benzene rings is 1. The number of rotatable bonds is 7. The summed E-state index contributed by atoms with van der Waals surface area (Å²) in [6, 6.07) is 2.87. The first-order valence-corrected chi connectivity index (χ1v) is 7.76. The van der Waals surface area contributed by atoms with Crippen LogP contribution in [0, 0.1) is 5.82 Å². The highest BCUT2D eigenvalue weighted by Crippen LogP contribution is 2.26. The Hall–Kier alpha value is -2.31. The topological polar surface area (TPSA) is 124 Å². The normalized spacial score (nSPS) is 13.3. The number of nitrogens with zero attached hydrogens (tertiary/aromatic N) is 3. The SMILES string of the molecule is OC[C@H](O)CSc1nonc1/C(=N/O)Nc1ccc(F)c(C(F)F)c1. The summed E-state index contributed by atoms with van der Waals surface area (Å²) in [5.74, 6) is -1.29. The van der Waals surface area contributed by atoms with Crippen molar-refractivity contribution in [2.75, 3.05) is 17.7 Å². The first-order chi connectivity index (χ1) is 12.0.